The molecule has 1 aliphatic rings. The Morgan fingerprint density at radius 2 is 1.83 bits per heavy atom. The fourth-order valence-corrected chi connectivity index (χ4v) is 3.20. The summed E-state index contributed by atoms with van der Waals surface area (Å²) < 4.78 is 5.27. The number of amides is 1. The molecular weight excluding hydrogens is 308 g/mol. The molecule has 136 valence electrons. The van der Waals surface area contributed by atoms with Crippen LogP contribution in [0.15, 0.2) is 5.11 Å². The van der Waals surface area contributed by atoms with Crippen LogP contribution in [0.3, 0.4) is 0 Å². The average molecular weight is 338 g/mol. The van der Waals surface area contributed by atoms with Gasteiger partial charge in [-0.3, -0.25) is 4.79 Å². The first-order valence-corrected chi connectivity index (χ1v) is 8.57. The molecule has 1 fully saturated rings. The van der Waals surface area contributed by atoms with Gasteiger partial charge in [0.15, 0.2) is 0 Å². The third-order valence-electron chi connectivity index (χ3n) is 5.02. The highest BCUT2D eigenvalue weighted by atomic mass is 16.6. The maximum atomic E-state index is 12.4. The van der Waals surface area contributed by atoms with Crippen LogP contribution in [0.25, 0.3) is 10.4 Å². The summed E-state index contributed by atoms with van der Waals surface area (Å²) >= 11 is 0. The van der Waals surface area contributed by atoms with Gasteiger partial charge in [0, 0.05) is 16.9 Å². The van der Waals surface area contributed by atoms with Crippen molar-refractivity contribution in [3.8, 4) is 0 Å². The van der Waals surface area contributed by atoms with Crippen molar-refractivity contribution in [1.29, 1.82) is 0 Å². The third kappa shape index (κ3) is 5.71. The van der Waals surface area contributed by atoms with Crippen LogP contribution in [-0.4, -0.2) is 30.6 Å². The lowest BCUT2D eigenvalue weighted by Gasteiger charge is -2.43. The van der Waals surface area contributed by atoms with Gasteiger partial charge in [0.25, 0.3) is 0 Å². The first-order chi connectivity index (χ1) is 11.1. The molecule has 7 heteroatoms. The van der Waals surface area contributed by atoms with Crippen molar-refractivity contribution >= 4 is 11.9 Å². The number of alkyl carbamates (subject to hydrolysis) is 1. The summed E-state index contributed by atoms with van der Waals surface area (Å²) in [5.41, 5.74) is 7.46. The largest absolute Gasteiger partial charge is 0.444 e. The van der Waals surface area contributed by atoms with E-state index in [9.17, 15) is 9.59 Å². The summed E-state index contributed by atoms with van der Waals surface area (Å²) in [7, 11) is 0. The van der Waals surface area contributed by atoms with E-state index in [4.69, 9.17) is 10.3 Å². The average Bonchev–Trinajstić information content (AvgIpc) is 2.50. The molecule has 1 aliphatic carbocycles. The number of Topliss-reactive ketones (excluding diaryl/α,β-unsaturated/α-hetero) is 1. The molecular formula is C17H30N4O3. The topological polar surface area (TPSA) is 104 Å². The number of nitrogens with zero attached hydrogens (tertiary/aromatic N) is 3. The van der Waals surface area contributed by atoms with Gasteiger partial charge in [-0.2, -0.15) is 0 Å². The number of nitrogens with one attached hydrogen (secondary N) is 1. The van der Waals surface area contributed by atoms with Crippen LogP contribution in [0, 0.1) is 10.8 Å². The SMILES string of the molecule is CCC1(C(=O)CN=[N+]=[N-])CCC(C)(CNC(=O)OC(C)(C)C)CC1. The molecule has 0 aliphatic heterocycles. The Morgan fingerprint density at radius 1 is 1.25 bits per heavy atom. The second-order valence-corrected chi connectivity index (χ2v) is 8.11. The molecule has 0 atom stereocenters. The predicted molar refractivity (Wildman–Crippen MR) is 92.6 cm³/mol. The summed E-state index contributed by atoms with van der Waals surface area (Å²) in [5.74, 6) is 0.0324. The van der Waals surface area contributed by atoms with E-state index in [2.05, 4.69) is 22.3 Å². The first-order valence-electron chi connectivity index (χ1n) is 8.57. The fourth-order valence-electron chi connectivity index (χ4n) is 3.20. The van der Waals surface area contributed by atoms with Crippen LogP contribution in [0.4, 0.5) is 4.79 Å². The van der Waals surface area contributed by atoms with E-state index >= 15 is 0 Å². The van der Waals surface area contributed by atoms with Crippen molar-refractivity contribution in [2.24, 2.45) is 15.9 Å². The number of hydrogen-bond acceptors (Lipinski definition) is 4. The van der Waals surface area contributed by atoms with Gasteiger partial charge in [0.05, 0.1) is 6.54 Å². The van der Waals surface area contributed by atoms with Crippen molar-refractivity contribution in [3.05, 3.63) is 10.4 Å². The zero-order valence-electron chi connectivity index (χ0n) is 15.5. The highest BCUT2D eigenvalue weighted by Gasteiger charge is 2.43. The summed E-state index contributed by atoms with van der Waals surface area (Å²) in [5, 5.41) is 6.27. The molecule has 1 saturated carbocycles. The van der Waals surface area contributed by atoms with Crippen molar-refractivity contribution in [2.45, 2.75) is 72.3 Å². The maximum absolute atomic E-state index is 12.4. The molecule has 1 rings (SSSR count). The van der Waals surface area contributed by atoms with Crippen LogP contribution >= 0.6 is 0 Å². The standard InChI is InChI=1S/C17H30N4O3/c1-6-17(13(22)11-20-21-18)9-7-16(5,8-10-17)12-19-14(23)24-15(2,3)4/h6-12H2,1-5H3,(H,19,23). The molecule has 0 saturated heterocycles. The van der Waals surface area contributed by atoms with Crippen molar-refractivity contribution < 1.29 is 14.3 Å². The lowest BCUT2D eigenvalue weighted by Crippen LogP contribution is -2.44. The molecule has 0 aromatic heterocycles. The molecule has 24 heavy (non-hydrogen) atoms. The van der Waals surface area contributed by atoms with Crippen LogP contribution < -0.4 is 5.32 Å². The van der Waals surface area contributed by atoms with Gasteiger partial charge in [-0.15, -0.1) is 0 Å². The van der Waals surface area contributed by atoms with Crippen molar-refractivity contribution in [3.63, 3.8) is 0 Å². The van der Waals surface area contributed by atoms with Crippen LogP contribution in [-0.2, 0) is 9.53 Å². The molecule has 0 radical (unpaired) electrons. The minimum Gasteiger partial charge on any atom is -0.444 e. The Labute approximate surface area is 144 Å². The number of carbonyl (C=O) groups excluding carboxylic acids is 2. The van der Waals surface area contributed by atoms with E-state index in [-0.39, 0.29) is 23.2 Å². The monoisotopic (exact) mass is 338 g/mol. The molecule has 7 nitrogen and oxygen atoms in total. The highest BCUT2D eigenvalue weighted by molar-refractivity contribution is 5.86. The van der Waals surface area contributed by atoms with E-state index < -0.39 is 11.7 Å². The molecule has 0 aromatic rings. The molecule has 0 bridgehead atoms. The van der Waals surface area contributed by atoms with Gasteiger partial charge < -0.3 is 10.1 Å². The van der Waals surface area contributed by atoms with Crippen molar-refractivity contribution in [2.75, 3.05) is 13.1 Å². The number of hydrogen-bond donors (Lipinski definition) is 1. The summed E-state index contributed by atoms with van der Waals surface area (Å²) in [6.07, 6.45) is 3.56. The Morgan fingerprint density at radius 3 is 2.29 bits per heavy atom. The summed E-state index contributed by atoms with van der Waals surface area (Å²) in [6.45, 7) is 10.1. The maximum Gasteiger partial charge on any atom is 0.407 e. The molecule has 1 amide bonds. The van der Waals surface area contributed by atoms with E-state index in [0.717, 1.165) is 32.1 Å². The minimum atomic E-state index is -0.511. The molecule has 0 aromatic carbocycles. The van der Waals surface area contributed by atoms with E-state index in [1.165, 1.54) is 0 Å². The first kappa shape index (κ1) is 20.3. The lowest BCUT2D eigenvalue weighted by atomic mass is 9.61. The third-order valence-corrected chi connectivity index (χ3v) is 5.02. The molecule has 0 spiro atoms. The second-order valence-electron chi connectivity index (χ2n) is 8.11. The highest BCUT2D eigenvalue weighted by Crippen LogP contribution is 2.47. The van der Waals surface area contributed by atoms with Gasteiger partial charge in [-0.05, 0) is 63.8 Å². The molecule has 0 heterocycles. The van der Waals surface area contributed by atoms with Gasteiger partial charge >= 0.3 is 6.09 Å². The summed E-state index contributed by atoms with van der Waals surface area (Å²) in [6, 6.07) is 0. The quantitative estimate of drug-likeness (QED) is 0.441. The smallest absolute Gasteiger partial charge is 0.407 e. The van der Waals surface area contributed by atoms with Crippen LogP contribution in [0.1, 0.15) is 66.7 Å². The van der Waals surface area contributed by atoms with Gasteiger partial charge in [-0.1, -0.05) is 19.0 Å². The normalized spacial score (nSPS) is 27.0. The Hall–Kier alpha value is -1.75. The molecule has 0 unspecified atom stereocenters. The Bertz CT molecular complexity index is 510. The lowest BCUT2D eigenvalue weighted by molar-refractivity contribution is -0.130. The number of ketones is 1. The van der Waals surface area contributed by atoms with Gasteiger partial charge in [-0.25, -0.2) is 4.79 Å². The predicted octanol–water partition coefficient (Wildman–Crippen LogP) is 4.37. The van der Waals surface area contributed by atoms with E-state index in [0.29, 0.717) is 6.54 Å². The number of carbonyl (C=O) groups is 2. The van der Waals surface area contributed by atoms with E-state index in [1.54, 1.807) is 0 Å². The Balaban J connectivity index is 2.59. The van der Waals surface area contributed by atoms with Crippen molar-refractivity contribution in [1.82, 2.24) is 5.32 Å². The number of azide groups is 1. The fraction of sp³-hybridized carbons (Fsp3) is 0.882. The van der Waals surface area contributed by atoms with Gasteiger partial charge in [0.1, 0.15) is 11.4 Å². The van der Waals surface area contributed by atoms with E-state index in [1.807, 2.05) is 27.7 Å². The zero-order valence-corrected chi connectivity index (χ0v) is 15.5. The van der Waals surface area contributed by atoms with Gasteiger partial charge in [0.2, 0.25) is 0 Å². The number of ether oxygens (including phenoxy) is 1. The zero-order chi connectivity index (χ0) is 18.4. The summed E-state index contributed by atoms with van der Waals surface area (Å²) in [4.78, 5) is 26.9. The van der Waals surface area contributed by atoms with Crippen LogP contribution in [0.2, 0.25) is 0 Å². The Kier molecular flexibility index (Phi) is 6.67. The van der Waals surface area contributed by atoms with Crippen LogP contribution in [0.5, 0.6) is 0 Å². The number of rotatable bonds is 6. The second kappa shape index (κ2) is 7.88. The minimum absolute atomic E-state index is 0.0324. The molecule has 1 N–H and O–H groups in total.